The van der Waals surface area contributed by atoms with Crippen molar-refractivity contribution in [3.05, 3.63) is 58.4 Å². The molecule has 0 unspecified atom stereocenters. The average Bonchev–Trinajstić information content (AvgIpc) is 2.39. The van der Waals surface area contributed by atoms with Gasteiger partial charge in [0.1, 0.15) is 5.82 Å². The lowest BCUT2D eigenvalue weighted by molar-refractivity contribution is 0.199. The summed E-state index contributed by atoms with van der Waals surface area (Å²) in [5.74, 6) is -0.288. The van der Waals surface area contributed by atoms with Gasteiger partial charge in [-0.05, 0) is 68.7 Å². The van der Waals surface area contributed by atoms with Gasteiger partial charge in [-0.25, -0.2) is 4.39 Å². The van der Waals surface area contributed by atoms with Crippen LogP contribution in [0.5, 0.6) is 0 Å². The summed E-state index contributed by atoms with van der Waals surface area (Å²) >= 11 is 0. The van der Waals surface area contributed by atoms with Crippen LogP contribution in [0.2, 0.25) is 0 Å². The van der Waals surface area contributed by atoms with Gasteiger partial charge in [-0.3, -0.25) is 0 Å². The summed E-state index contributed by atoms with van der Waals surface area (Å²) in [6, 6.07) is 9.49. The van der Waals surface area contributed by atoms with Crippen LogP contribution in [0.4, 0.5) is 15.8 Å². The van der Waals surface area contributed by atoms with Gasteiger partial charge in [0.15, 0.2) is 0 Å². The Hall–Kier alpha value is -1.87. The Morgan fingerprint density at radius 1 is 1.00 bits per heavy atom. The molecule has 2 nitrogen and oxygen atoms in total. The van der Waals surface area contributed by atoms with Crippen LogP contribution < -0.4 is 4.90 Å². The molecule has 0 fully saturated rings. The molecule has 21 heavy (non-hydrogen) atoms. The summed E-state index contributed by atoms with van der Waals surface area (Å²) in [5, 5.41) is 9.93. The van der Waals surface area contributed by atoms with Crippen LogP contribution in [0.25, 0.3) is 0 Å². The fourth-order valence-corrected chi connectivity index (χ4v) is 2.59. The van der Waals surface area contributed by atoms with Crippen LogP contribution in [0.15, 0.2) is 30.3 Å². The molecule has 112 valence electrons. The first-order valence-electron chi connectivity index (χ1n) is 7.09. The van der Waals surface area contributed by atoms with Crippen LogP contribution in [0, 0.1) is 26.6 Å². The van der Waals surface area contributed by atoms with E-state index in [0.29, 0.717) is 11.1 Å². The second-order valence-corrected chi connectivity index (χ2v) is 5.74. The van der Waals surface area contributed by atoms with Crippen molar-refractivity contribution in [1.29, 1.82) is 0 Å². The largest absolute Gasteiger partial charge is 0.389 e. The van der Waals surface area contributed by atoms with Crippen LogP contribution in [-0.4, -0.2) is 12.2 Å². The van der Waals surface area contributed by atoms with E-state index in [1.165, 1.54) is 17.2 Å². The van der Waals surface area contributed by atoms with Crippen molar-refractivity contribution in [2.75, 3.05) is 11.9 Å². The van der Waals surface area contributed by atoms with Crippen molar-refractivity contribution in [3.63, 3.8) is 0 Å². The summed E-state index contributed by atoms with van der Waals surface area (Å²) in [5.41, 5.74) is 5.38. The van der Waals surface area contributed by atoms with Crippen molar-refractivity contribution in [2.24, 2.45) is 0 Å². The number of nitrogens with zero attached hydrogens (tertiary/aromatic N) is 1. The number of aliphatic hydroxyl groups excluding tert-OH is 1. The zero-order valence-electron chi connectivity index (χ0n) is 13.2. The van der Waals surface area contributed by atoms with Crippen molar-refractivity contribution < 1.29 is 9.50 Å². The third kappa shape index (κ3) is 3.24. The second kappa shape index (κ2) is 5.86. The summed E-state index contributed by atoms with van der Waals surface area (Å²) in [6.45, 7) is 7.49. The highest BCUT2D eigenvalue weighted by atomic mass is 19.1. The molecule has 2 rings (SSSR count). The Balaban J connectivity index is 2.56. The monoisotopic (exact) mass is 287 g/mol. The molecule has 0 bridgehead atoms. The van der Waals surface area contributed by atoms with E-state index in [1.807, 2.05) is 11.9 Å². The number of hydrogen-bond acceptors (Lipinski definition) is 2. The van der Waals surface area contributed by atoms with E-state index < -0.39 is 6.10 Å². The Labute approximate surface area is 125 Å². The first-order valence-corrected chi connectivity index (χ1v) is 7.09. The number of anilines is 2. The molecule has 2 aromatic carbocycles. The van der Waals surface area contributed by atoms with E-state index in [2.05, 4.69) is 32.0 Å². The summed E-state index contributed by atoms with van der Waals surface area (Å²) in [6.07, 6.45) is -0.719. The van der Waals surface area contributed by atoms with E-state index >= 15 is 0 Å². The van der Waals surface area contributed by atoms with Crippen LogP contribution in [0.3, 0.4) is 0 Å². The Bertz CT molecular complexity index is 644. The molecule has 0 radical (unpaired) electrons. The Morgan fingerprint density at radius 2 is 1.57 bits per heavy atom. The first-order chi connectivity index (χ1) is 9.79. The molecule has 1 N–H and O–H groups in total. The Morgan fingerprint density at radius 3 is 2.10 bits per heavy atom. The smallest absolute Gasteiger partial charge is 0.126 e. The van der Waals surface area contributed by atoms with Gasteiger partial charge < -0.3 is 10.0 Å². The standard InChI is InChI=1S/C18H22FNO/c1-11-6-12(2)8-15(7-11)20(5)18-9-13(3)17(19)10-16(18)14(4)21/h6-10,14,21H,1-5H3/t14-/m1/s1. The molecular formula is C18H22FNO. The van der Waals surface area contributed by atoms with Gasteiger partial charge in [-0.1, -0.05) is 6.07 Å². The van der Waals surface area contributed by atoms with Gasteiger partial charge in [0.25, 0.3) is 0 Å². The predicted octanol–water partition coefficient (Wildman–Crippen LogP) is 4.57. The van der Waals surface area contributed by atoms with Crippen LogP contribution in [0.1, 0.15) is 35.3 Å². The molecule has 0 saturated heterocycles. The lowest BCUT2D eigenvalue weighted by Crippen LogP contribution is -2.14. The van der Waals surface area contributed by atoms with Crippen molar-refractivity contribution in [1.82, 2.24) is 0 Å². The van der Waals surface area contributed by atoms with E-state index in [1.54, 1.807) is 19.9 Å². The molecule has 3 heteroatoms. The third-order valence-corrected chi connectivity index (χ3v) is 3.71. The minimum atomic E-state index is -0.719. The predicted molar refractivity (Wildman–Crippen MR) is 85.7 cm³/mol. The molecule has 0 saturated carbocycles. The minimum Gasteiger partial charge on any atom is -0.389 e. The maximum absolute atomic E-state index is 13.8. The molecule has 0 aliphatic heterocycles. The molecule has 0 aliphatic rings. The zero-order chi connectivity index (χ0) is 15.7. The average molecular weight is 287 g/mol. The number of aliphatic hydroxyl groups is 1. The fourth-order valence-electron chi connectivity index (χ4n) is 2.59. The van der Waals surface area contributed by atoms with Gasteiger partial charge >= 0.3 is 0 Å². The quantitative estimate of drug-likeness (QED) is 0.893. The second-order valence-electron chi connectivity index (χ2n) is 5.74. The van der Waals surface area contributed by atoms with Gasteiger partial charge in [0, 0.05) is 24.0 Å². The highest BCUT2D eigenvalue weighted by molar-refractivity contribution is 5.68. The lowest BCUT2D eigenvalue weighted by Gasteiger charge is -2.25. The summed E-state index contributed by atoms with van der Waals surface area (Å²) < 4.78 is 13.8. The van der Waals surface area contributed by atoms with E-state index in [0.717, 1.165) is 11.4 Å². The molecule has 0 amide bonds. The van der Waals surface area contributed by atoms with Crippen molar-refractivity contribution in [2.45, 2.75) is 33.8 Å². The van der Waals surface area contributed by atoms with E-state index in [4.69, 9.17) is 0 Å². The van der Waals surface area contributed by atoms with E-state index in [-0.39, 0.29) is 5.82 Å². The molecule has 0 spiro atoms. The minimum absolute atomic E-state index is 0.288. The van der Waals surface area contributed by atoms with Crippen LogP contribution in [-0.2, 0) is 0 Å². The van der Waals surface area contributed by atoms with E-state index in [9.17, 15) is 9.50 Å². The number of benzene rings is 2. The first kappa shape index (κ1) is 15.5. The third-order valence-electron chi connectivity index (χ3n) is 3.71. The summed E-state index contributed by atoms with van der Waals surface area (Å²) in [4.78, 5) is 1.99. The highest BCUT2D eigenvalue weighted by Crippen LogP contribution is 2.33. The fraction of sp³-hybridized carbons (Fsp3) is 0.333. The molecule has 0 heterocycles. The number of halogens is 1. The van der Waals surface area contributed by atoms with Gasteiger partial charge in [0.2, 0.25) is 0 Å². The lowest BCUT2D eigenvalue weighted by atomic mass is 10.0. The molecule has 0 aromatic heterocycles. The van der Waals surface area contributed by atoms with Crippen molar-refractivity contribution in [3.8, 4) is 0 Å². The maximum atomic E-state index is 13.8. The van der Waals surface area contributed by atoms with Gasteiger partial charge in [-0.15, -0.1) is 0 Å². The highest BCUT2D eigenvalue weighted by Gasteiger charge is 2.16. The maximum Gasteiger partial charge on any atom is 0.126 e. The van der Waals surface area contributed by atoms with Gasteiger partial charge in [0.05, 0.1) is 6.10 Å². The molecular weight excluding hydrogens is 265 g/mol. The number of aryl methyl sites for hydroxylation is 3. The summed E-state index contributed by atoms with van der Waals surface area (Å²) in [7, 11) is 1.94. The normalized spacial score (nSPS) is 12.3. The molecule has 1 atom stereocenters. The molecule has 0 aliphatic carbocycles. The number of hydrogen-bond donors (Lipinski definition) is 1. The van der Waals surface area contributed by atoms with Gasteiger partial charge in [-0.2, -0.15) is 0 Å². The topological polar surface area (TPSA) is 23.5 Å². The number of rotatable bonds is 3. The molecule has 2 aromatic rings. The Kier molecular flexibility index (Phi) is 4.33. The van der Waals surface area contributed by atoms with Crippen LogP contribution >= 0.6 is 0 Å². The van der Waals surface area contributed by atoms with Crippen molar-refractivity contribution >= 4 is 11.4 Å². The zero-order valence-corrected chi connectivity index (χ0v) is 13.2. The SMILES string of the molecule is Cc1cc(C)cc(N(C)c2cc(C)c(F)cc2[C@@H](C)O)c1.